The number of pyridine rings is 1. The van der Waals surface area contributed by atoms with Crippen molar-refractivity contribution in [1.29, 1.82) is 5.26 Å². The number of hydrogen-bond donors (Lipinski definition) is 2. The fraction of sp³-hybridized carbons (Fsp3) is 0. The molecule has 0 aliphatic heterocycles. The average Bonchev–Trinajstić information content (AvgIpc) is 2.78. The maximum Gasteiger partial charge on any atom is 0.339 e. The molecule has 1 aromatic carbocycles. The third-order valence-corrected chi connectivity index (χ3v) is 3.40. The summed E-state index contributed by atoms with van der Waals surface area (Å²) in [6, 6.07) is 10.6. The second-order valence-corrected chi connectivity index (χ2v) is 4.64. The molecule has 3 aromatic rings. The van der Waals surface area contributed by atoms with Gasteiger partial charge >= 0.3 is 5.97 Å². The molecule has 0 aliphatic rings. The van der Waals surface area contributed by atoms with Gasteiger partial charge in [0.2, 0.25) is 0 Å². The quantitative estimate of drug-likeness (QED) is 0.761. The molecule has 0 spiro atoms. The Hall–Kier alpha value is -3.33. The van der Waals surface area contributed by atoms with Gasteiger partial charge in [-0.2, -0.15) is 5.26 Å². The van der Waals surface area contributed by atoms with Gasteiger partial charge < -0.3 is 14.6 Å². The third-order valence-electron chi connectivity index (χ3n) is 3.40. The van der Waals surface area contributed by atoms with Gasteiger partial charge in [0.1, 0.15) is 22.9 Å². The highest BCUT2D eigenvalue weighted by molar-refractivity contribution is 5.92. The normalized spacial score (nSPS) is 10.5. The van der Waals surface area contributed by atoms with E-state index in [0.717, 1.165) is 0 Å². The Labute approximate surface area is 124 Å². The lowest BCUT2D eigenvalue weighted by Gasteiger charge is -2.06. The molecular weight excluding hydrogens is 287 g/mol. The number of phenols is 1. The minimum Gasteiger partial charge on any atom is -0.507 e. The van der Waals surface area contributed by atoms with Crippen LogP contribution in [-0.2, 0) is 0 Å². The van der Waals surface area contributed by atoms with E-state index in [1.807, 2.05) is 6.07 Å². The molecule has 2 N–H and O–H groups in total. The second kappa shape index (κ2) is 4.90. The maximum absolute atomic E-state index is 14.5. The van der Waals surface area contributed by atoms with E-state index >= 15 is 0 Å². The van der Waals surface area contributed by atoms with Gasteiger partial charge in [-0.05, 0) is 24.3 Å². The molecule has 0 saturated heterocycles. The lowest BCUT2D eigenvalue weighted by molar-refractivity contribution is 0.0694. The number of aromatic nitrogens is 1. The van der Waals surface area contributed by atoms with Gasteiger partial charge in [0.15, 0.2) is 5.82 Å². The molecule has 0 atom stereocenters. The highest BCUT2D eigenvalue weighted by Crippen LogP contribution is 2.33. The molecule has 0 saturated carbocycles. The number of nitrogens with zero attached hydrogens (tertiary/aromatic N) is 2. The number of aromatic carboxylic acids is 1. The number of halogens is 1. The molecule has 0 bridgehead atoms. The van der Waals surface area contributed by atoms with Gasteiger partial charge in [0.25, 0.3) is 0 Å². The Morgan fingerprint density at radius 3 is 2.68 bits per heavy atom. The van der Waals surface area contributed by atoms with Crippen molar-refractivity contribution in [2.24, 2.45) is 0 Å². The fourth-order valence-corrected chi connectivity index (χ4v) is 2.41. The molecule has 0 amide bonds. The summed E-state index contributed by atoms with van der Waals surface area (Å²) < 4.78 is 16.0. The zero-order valence-corrected chi connectivity index (χ0v) is 11.1. The fourth-order valence-electron chi connectivity index (χ4n) is 2.41. The minimum absolute atomic E-state index is 0.0967. The zero-order valence-electron chi connectivity index (χ0n) is 11.1. The minimum atomic E-state index is -1.28. The molecule has 6 heteroatoms. The van der Waals surface area contributed by atoms with Crippen molar-refractivity contribution >= 4 is 11.5 Å². The van der Waals surface area contributed by atoms with E-state index in [9.17, 15) is 14.3 Å². The first kappa shape index (κ1) is 13.6. The van der Waals surface area contributed by atoms with Crippen molar-refractivity contribution in [2.45, 2.75) is 0 Å². The summed E-state index contributed by atoms with van der Waals surface area (Å²) in [5.41, 5.74) is 0.407. The Bertz CT molecular complexity index is 954. The van der Waals surface area contributed by atoms with Crippen LogP contribution < -0.4 is 0 Å². The highest BCUT2D eigenvalue weighted by Gasteiger charge is 2.20. The zero-order chi connectivity index (χ0) is 15.9. The second-order valence-electron chi connectivity index (χ2n) is 4.64. The van der Waals surface area contributed by atoms with Crippen LogP contribution >= 0.6 is 0 Å². The van der Waals surface area contributed by atoms with Crippen LogP contribution in [0.25, 0.3) is 16.8 Å². The SMILES string of the molecule is N#Cc1c(F)c(-c2ccc(C(=O)O)c(O)c2)n2ccccc12. The first-order valence-electron chi connectivity index (χ1n) is 6.30. The average molecular weight is 296 g/mol. The molecule has 0 aliphatic carbocycles. The van der Waals surface area contributed by atoms with Gasteiger partial charge in [-0.25, -0.2) is 9.18 Å². The smallest absolute Gasteiger partial charge is 0.339 e. The van der Waals surface area contributed by atoms with Crippen molar-refractivity contribution in [3.63, 3.8) is 0 Å². The van der Waals surface area contributed by atoms with Crippen LogP contribution in [0, 0.1) is 17.1 Å². The van der Waals surface area contributed by atoms with Gasteiger partial charge in [-0.15, -0.1) is 0 Å². The first-order chi connectivity index (χ1) is 10.5. The molecule has 108 valence electrons. The van der Waals surface area contributed by atoms with Gasteiger partial charge in [-0.1, -0.05) is 12.1 Å². The number of carboxylic acids is 1. The first-order valence-corrected chi connectivity index (χ1v) is 6.30. The third kappa shape index (κ3) is 1.88. The van der Waals surface area contributed by atoms with Gasteiger partial charge in [0.05, 0.1) is 11.2 Å². The summed E-state index contributed by atoms with van der Waals surface area (Å²) in [5, 5.41) is 27.8. The number of carboxylic acid groups (broad SMARTS) is 1. The number of rotatable bonds is 2. The van der Waals surface area contributed by atoms with Crippen LogP contribution in [0.1, 0.15) is 15.9 Å². The molecule has 0 radical (unpaired) electrons. The van der Waals surface area contributed by atoms with E-state index in [4.69, 9.17) is 10.4 Å². The van der Waals surface area contributed by atoms with E-state index in [0.29, 0.717) is 5.52 Å². The maximum atomic E-state index is 14.5. The molecule has 5 nitrogen and oxygen atoms in total. The van der Waals surface area contributed by atoms with E-state index in [1.165, 1.54) is 22.6 Å². The van der Waals surface area contributed by atoms with E-state index in [2.05, 4.69) is 0 Å². The summed E-state index contributed by atoms with van der Waals surface area (Å²) in [4.78, 5) is 10.9. The Balaban J connectivity index is 2.32. The van der Waals surface area contributed by atoms with Crippen molar-refractivity contribution in [2.75, 3.05) is 0 Å². The topological polar surface area (TPSA) is 85.7 Å². The van der Waals surface area contributed by atoms with Crippen molar-refractivity contribution in [3.05, 3.63) is 59.5 Å². The summed E-state index contributed by atoms with van der Waals surface area (Å²) in [7, 11) is 0. The molecule has 2 heterocycles. The van der Waals surface area contributed by atoms with Crippen molar-refractivity contribution < 1.29 is 19.4 Å². The van der Waals surface area contributed by atoms with Crippen LogP contribution in [0.5, 0.6) is 5.75 Å². The van der Waals surface area contributed by atoms with E-state index < -0.39 is 17.5 Å². The molecule has 22 heavy (non-hydrogen) atoms. The van der Waals surface area contributed by atoms with Crippen LogP contribution in [0.4, 0.5) is 4.39 Å². The van der Waals surface area contributed by atoms with Crippen molar-refractivity contribution in [3.8, 4) is 23.1 Å². The Morgan fingerprint density at radius 2 is 2.05 bits per heavy atom. The van der Waals surface area contributed by atoms with Gasteiger partial charge in [0, 0.05) is 11.8 Å². The summed E-state index contributed by atoms with van der Waals surface area (Å²) in [6.07, 6.45) is 1.59. The highest BCUT2D eigenvalue weighted by atomic mass is 19.1. The van der Waals surface area contributed by atoms with Crippen molar-refractivity contribution in [1.82, 2.24) is 4.40 Å². The number of nitriles is 1. The number of carbonyl (C=O) groups is 1. The largest absolute Gasteiger partial charge is 0.507 e. The standard InChI is InChI=1S/C16H9FN2O3/c17-14-11(8-18)12-3-1-2-6-19(12)15(14)9-4-5-10(16(21)22)13(20)7-9/h1-7,20H,(H,21,22). The number of benzene rings is 1. The summed E-state index contributed by atoms with van der Waals surface area (Å²) >= 11 is 0. The van der Waals surface area contributed by atoms with Crippen LogP contribution in [-0.4, -0.2) is 20.6 Å². The predicted octanol–water partition coefficient (Wildman–Crippen LogP) is 3.02. The lowest BCUT2D eigenvalue weighted by Crippen LogP contribution is -1.97. The predicted molar refractivity (Wildman–Crippen MR) is 76.1 cm³/mol. The monoisotopic (exact) mass is 296 g/mol. The van der Waals surface area contributed by atoms with Gasteiger partial charge in [-0.3, -0.25) is 0 Å². The number of hydrogen-bond acceptors (Lipinski definition) is 3. The molecular formula is C16H9FN2O3. The number of fused-ring (bicyclic) bond motifs is 1. The Morgan fingerprint density at radius 1 is 1.27 bits per heavy atom. The molecule has 3 rings (SSSR count). The van der Waals surface area contributed by atoms with Crippen LogP contribution in [0.15, 0.2) is 42.6 Å². The molecule has 0 unspecified atom stereocenters. The van der Waals surface area contributed by atoms with E-state index in [1.54, 1.807) is 24.4 Å². The summed E-state index contributed by atoms with van der Waals surface area (Å²) in [6.45, 7) is 0. The molecule has 0 fully saturated rings. The Kier molecular flexibility index (Phi) is 3.04. The van der Waals surface area contributed by atoms with E-state index in [-0.39, 0.29) is 22.4 Å². The van der Waals surface area contributed by atoms with Crippen LogP contribution in [0.2, 0.25) is 0 Å². The van der Waals surface area contributed by atoms with Crippen LogP contribution in [0.3, 0.4) is 0 Å². The number of aromatic hydroxyl groups is 1. The molecule has 2 aromatic heterocycles. The summed E-state index contributed by atoms with van der Waals surface area (Å²) in [5.74, 6) is -2.45. The lowest BCUT2D eigenvalue weighted by atomic mass is 10.1.